The highest BCUT2D eigenvalue weighted by Gasteiger charge is 2.32. The molecule has 1 fully saturated rings. The number of fused-ring (bicyclic) bond motifs is 1. The van der Waals surface area contributed by atoms with Crippen molar-refractivity contribution in [2.75, 3.05) is 30.7 Å². The highest BCUT2D eigenvalue weighted by atomic mass is 16.1. The van der Waals surface area contributed by atoms with E-state index in [0.29, 0.717) is 42.0 Å². The van der Waals surface area contributed by atoms with Gasteiger partial charge in [0.15, 0.2) is 5.65 Å². The molecule has 1 aliphatic carbocycles. The smallest absolute Gasteiger partial charge is 0.231 e. The number of nitrogens with two attached hydrogens (primary N) is 2. The molecule has 174 valence electrons. The number of aromatic nitrogens is 5. The van der Waals surface area contributed by atoms with Gasteiger partial charge in [-0.15, -0.1) is 0 Å². The van der Waals surface area contributed by atoms with E-state index in [1.807, 2.05) is 30.8 Å². The van der Waals surface area contributed by atoms with Gasteiger partial charge in [-0.3, -0.25) is 9.48 Å². The van der Waals surface area contributed by atoms with Crippen LogP contribution in [-0.4, -0.2) is 49.9 Å². The average Bonchev–Trinajstić information content (AvgIpc) is 3.34. The first kappa shape index (κ1) is 22.5. The zero-order chi connectivity index (χ0) is 23.5. The van der Waals surface area contributed by atoms with Crippen LogP contribution in [0.25, 0.3) is 5.65 Å². The molecule has 33 heavy (non-hydrogen) atoms. The Morgan fingerprint density at radius 2 is 2.18 bits per heavy atom. The summed E-state index contributed by atoms with van der Waals surface area (Å²) in [5, 5.41) is 25.2. The molecular formula is C22H30N10O. The fourth-order valence-corrected chi connectivity index (χ4v) is 4.39. The number of hydrogen-bond acceptors (Lipinski definition) is 8. The van der Waals surface area contributed by atoms with Gasteiger partial charge in [-0.1, -0.05) is 6.92 Å². The van der Waals surface area contributed by atoms with Gasteiger partial charge in [-0.2, -0.15) is 20.0 Å². The maximum atomic E-state index is 10.9. The minimum Gasteiger partial charge on any atom is -0.382 e. The van der Waals surface area contributed by atoms with Gasteiger partial charge in [0.2, 0.25) is 5.91 Å². The van der Waals surface area contributed by atoms with Gasteiger partial charge < -0.3 is 22.1 Å². The molecule has 1 aliphatic rings. The number of carbonyl (C=O) groups excluding carboxylic acids is 1. The summed E-state index contributed by atoms with van der Waals surface area (Å²) in [6.07, 6.45) is 5.65. The predicted octanol–water partition coefficient (Wildman–Crippen LogP) is 0.931. The van der Waals surface area contributed by atoms with Gasteiger partial charge in [-0.05, 0) is 38.2 Å². The van der Waals surface area contributed by atoms with Gasteiger partial charge in [0, 0.05) is 31.3 Å². The van der Waals surface area contributed by atoms with Gasteiger partial charge >= 0.3 is 0 Å². The van der Waals surface area contributed by atoms with Crippen LogP contribution in [0.3, 0.4) is 0 Å². The summed E-state index contributed by atoms with van der Waals surface area (Å²) in [5.41, 5.74) is 15.2. The largest absolute Gasteiger partial charge is 0.382 e. The van der Waals surface area contributed by atoms with Crippen LogP contribution in [0.1, 0.15) is 48.3 Å². The molecule has 3 aromatic rings. The van der Waals surface area contributed by atoms with Crippen molar-refractivity contribution in [2.24, 2.45) is 11.7 Å². The van der Waals surface area contributed by atoms with E-state index in [0.717, 1.165) is 42.8 Å². The van der Waals surface area contributed by atoms with Crippen LogP contribution >= 0.6 is 0 Å². The number of carbonyl (C=O) groups is 1. The fraction of sp³-hybridized carbons (Fsp3) is 0.500. The minimum absolute atomic E-state index is 0.201. The van der Waals surface area contributed by atoms with Crippen LogP contribution in [0.5, 0.6) is 0 Å². The summed E-state index contributed by atoms with van der Waals surface area (Å²) in [4.78, 5) is 15.6. The molecule has 0 bridgehead atoms. The lowest BCUT2D eigenvalue weighted by molar-refractivity contribution is -0.117. The molecule has 3 aromatic heterocycles. The van der Waals surface area contributed by atoms with E-state index < -0.39 is 0 Å². The third-order valence-corrected chi connectivity index (χ3v) is 6.32. The maximum absolute atomic E-state index is 10.9. The Balaban J connectivity index is 1.40. The van der Waals surface area contributed by atoms with E-state index in [4.69, 9.17) is 16.6 Å². The molecule has 6 N–H and O–H groups in total. The second kappa shape index (κ2) is 9.46. The Labute approximate surface area is 192 Å². The summed E-state index contributed by atoms with van der Waals surface area (Å²) in [6, 6.07) is 4.49. The second-order valence-electron chi connectivity index (χ2n) is 8.45. The van der Waals surface area contributed by atoms with Crippen LogP contribution in [0.2, 0.25) is 0 Å². The number of amides is 1. The van der Waals surface area contributed by atoms with Crippen molar-refractivity contribution in [3.63, 3.8) is 0 Å². The number of nitriles is 1. The fourth-order valence-electron chi connectivity index (χ4n) is 4.39. The molecule has 1 amide bonds. The third kappa shape index (κ3) is 4.47. The third-order valence-electron chi connectivity index (χ3n) is 6.32. The SMILES string of the molecule is CCc1c(C)nn2c(N)c(C#N)c(NCCc3ccn(C4CCC4CNCC(N)=O)n3)nc12. The van der Waals surface area contributed by atoms with E-state index in [1.165, 1.54) is 0 Å². The van der Waals surface area contributed by atoms with Gasteiger partial charge in [0.1, 0.15) is 23.3 Å². The van der Waals surface area contributed by atoms with Crippen LogP contribution in [0.4, 0.5) is 11.6 Å². The first-order valence-electron chi connectivity index (χ1n) is 11.3. The van der Waals surface area contributed by atoms with Crippen molar-refractivity contribution in [2.45, 2.75) is 45.6 Å². The van der Waals surface area contributed by atoms with E-state index in [2.05, 4.69) is 26.8 Å². The number of nitrogens with one attached hydrogen (secondary N) is 2. The van der Waals surface area contributed by atoms with Crippen LogP contribution in [-0.2, 0) is 17.6 Å². The first-order chi connectivity index (χ1) is 15.9. The predicted molar refractivity (Wildman–Crippen MR) is 124 cm³/mol. The number of primary amides is 1. The van der Waals surface area contributed by atoms with E-state index in [9.17, 15) is 10.1 Å². The number of nitrogens with zero attached hydrogens (tertiary/aromatic N) is 6. The van der Waals surface area contributed by atoms with Crippen LogP contribution < -0.4 is 22.1 Å². The molecule has 1 saturated carbocycles. The maximum Gasteiger partial charge on any atom is 0.231 e. The minimum atomic E-state index is -0.344. The summed E-state index contributed by atoms with van der Waals surface area (Å²) in [6.45, 7) is 5.49. The molecular weight excluding hydrogens is 420 g/mol. The van der Waals surface area contributed by atoms with Gasteiger partial charge in [0.25, 0.3) is 0 Å². The monoisotopic (exact) mass is 450 g/mol. The average molecular weight is 451 g/mol. The Morgan fingerprint density at radius 1 is 1.36 bits per heavy atom. The lowest BCUT2D eigenvalue weighted by atomic mass is 9.79. The molecule has 3 heterocycles. The number of rotatable bonds is 10. The van der Waals surface area contributed by atoms with Crippen LogP contribution in [0.15, 0.2) is 12.3 Å². The first-order valence-corrected chi connectivity index (χ1v) is 11.3. The molecule has 0 aromatic carbocycles. The van der Waals surface area contributed by atoms with Crippen molar-refractivity contribution >= 4 is 23.2 Å². The molecule has 2 unspecified atom stereocenters. The van der Waals surface area contributed by atoms with E-state index in [-0.39, 0.29) is 18.3 Å². The van der Waals surface area contributed by atoms with E-state index >= 15 is 0 Å². The summed E-state index contributed by atoms with van der Waals surface area (Å²) in [5.74, 6) is 0.859. The summed E-state index contributed by atoms with van der Waals surface area (Å²) in [7, 11) is 0. The molecule has 2 atom stereocenters. The van der Waals surface area contributed by atoms with Crippen molar-refractivity contribution in [3.8, 4) is 6.07 Å². The zero-order valence-electron chi connectivity index (χ0n) is 19.0. The number of aryl methyl sites for hydroxylation is 2. The molecule has 0 saturated heterocycles. The number of hydrogen-bond donors (Lipinski definition) is 4. The quantitative estimate of drug-likeness (QED) is 0.354. The molecule has 4 rings (SSSR count). The highest BCUT2D eigenvalue weighted by Crippen LogP contribution is 2.37. The molecule has 11 heteroatoms. The number of anilines is 2. The van der Waals surface area contributed by atoms with Crippen molar-refractivity contribution in [1.29, 1.82) is 5.26 Å². The molecule has 11 nitrogen and oxygen atoms in total. The standard InChI is InChI=1S/C22H30N10O/c1-3-16-13(2)29-32-20(25)17(10-23)21(28-22(16)32)27-8-6-15-7-9-31(30-15)18-5-4-14(18)11-26-12-19(24)33/h7,9,14,18,26H,3-6,8,11-12,25H2,1-2H3,(H2,24,33)(H,27,28). The molecule has 0 aliphatic heterocycles. The number of nitrogen functional groups attached to an aromatic ring is 1. The normalized spacial score (nSPS) is 17.6. The Bertz CT molecular complexity index is 1200. The van der Waals surface area contributed by atoms with Gasteiger partial charge in [-0.25, -0.2) is 4.98 Å². The van der Waals surface area contributed by atoms with Crippen molar-refractivity contribution in [1.82, 2.24) is 29.7 Å². The lowest BCUT2D eigenvalue weighted by Crippen LogP contribution is -2.39. The Morgan fingerprint density at radius 3 is 2.85 bits per heavy atom. The summed E-state index contributed by atoms with van der Waals surface area (Å²) >= 11 is 0. The van der Waals surface area contributed by atoms with Crippen molar-refractivity contribution in [3.05, 3.63) is 34.8 Å². The lowest BCUT2D eigenvalue weighted by Gasteiger charge is -2.36. The molecule has 0 spiro atoms. The van der Waals surface area contributed by atoms with Crippen LogP contribution in [0, 0.1) is 24.2 Å². The Kier molecular flexibility index (Phi) is 6.46. The van der Waals surface area contributed by atoms with Gasteiger partial charge in [0.05, 0.1) is 24.0 Å². The topological polar surface area (TPSA) is 165 Å². The second-order valence-corrected chi connectivity index (χ2v) is 8.45. The van der Waals surface area contributed by atoms with Crippen molar-refractivity contribution < 1.29 is 4.79 Å². The molecule has 0 radical (unpaired) electrons. The summed E-state index contributed by atoms with van der Waals surface area (Å²) < 4.78 is 3.56. The zero-order valence-corrected chi connectivity index (χ0v) is 19.0. The Hall–Kier alpha value is -3.65. The highest BCUT2D eigenvalue weighted by molar-refractivity contribution is 5.75. The van der Waals surface area contributed by atoms with E-state index in [1.54, 1.807) is 4.52 Å².